The first-order valence-electron chi connectivity index (χ1n) is 5.04. The number of rotatable bonds is 4. The number of aliphatic imine (C=N–C) groups is 1. The molecule has 3 N–H and O–H groups in total. The molecular weight excluding hydrogens is 194 g/mol. The van der Waals surface area contributed by atoms with E-state index in [4.69, 9.17) is 15.2 Å². The molecule has 2 unspecified atom stereocenters. The summed E-state index contributed by atoms with van der Waals surface area (Å²) in [6.07, 6.45) is 3.42. The van der Waals surface area contributed by atoms with Crippen LogP contribution < -0.4 is 11.1 Å². The van der Waals surface area contributed by atoms with Crippen molar-refractivity contribution in [2.24, 2.45) is 10.7 Å². The van der Waals surface area contributed by atoms with Gasteiger partial charge in [0.05, 0.1) is 12.2 Å². The summed E-state index contributed by atoms with van der Waals surface area (Å²) in [7, 11) is 1.60. The summed E-state index contributed by atoms with van der Waals surface area (Å²) in [5.74, 6) is 0. The summed E-state index contributed by atoms with van der Waals surface area (Å²) >= 11 is 0. The van der Waals surface area contributed by atoms with Crippen LogP contribution in [0.25, 0.3) is 0 Å². The lowest BCUT2D eigenvalue weighted by Crippen LogP contribution is -2.44. The van der Waals surface area contributed by atoms with E-state index < -0.39 is 0 Å². The number of hydrogen-bond acceptors (Lipinski definition) is 5. The average Bonchev–Trinajstić information content (AvgIpc) is 2.24. The second kappa shape index (κ2) is 6.55. The maximum absolute atomic E-state index is 5.73. The molecule has 1 aliphatic heterocycles. The summed E-state index contributed by atoms with van der Waals surface area (Å²) in [6, 6.07) is 0. The summed E-state index contributed by atoms with van der Waals surface area (Å²) in [5.41, 5.74) is 6.41. The molecule has 0 bridgehead atoms. The summed E-state index contributed by atoms with van der Waals surface area (Å²) < 4.78 is 10.5. The molecule has 1 fully saturated rings. The van der Waals surface area contributed by atoms with E-state index >= 15 is 0 Å². The molecule has 0 saturated carbocycles. The van der Waals surface area contributed by atoms with E-state index in [2.05, 4.69) is 10.3 Å². The normalized spacial score (nSPS) is 28.5. The third-order valence-electron chi connectivity index (χ3n) is 2.17. The predicted molar refractivity (Wildman–Crippen MR) is 59.8 cm³/mol. The van der Waals surface area contributed by atoms with E-state index in [1.165, 1.54) is 6.20 Å². The Labute approximate surface area is 90.3 Å². The van der Waals surface area contributed by atoms with Crippen LogP contribution in [0.4, 0.5) is 0 Å². The maximum atomic E-state index is 5.73. The molecule has 1 saturated heterocycles. The third-order valence-corrected chi connectivity index (χ3v) is 2.17. The number of nitrogens with zero attached hydrogens (tertiary/aromatic N) is 1. The van der Waals surface area contributed by atoms with Gasteiger partial charge < -0.3 is 20.5 Å². The van der Waals surface area contributed by atoms with Crippen LogP contribution in [0.15, 0.2) is 16.8 Å². The van der Waals surface area contributed by atoms with Crippen LogP contribution in [0.5, 0.6) is 0 Å². The maximum Gasteiger partial charge on any atom is 0.137 e. The molecule has 86 valence electrons. The fraction of sp³-hybridized carbons (Fsp3) is 0.700. The second-order valence-electron chi connectivity index (χ2n) is 3.49. The molecule has 0 radical (unpaired) electrons. The zero-order valence-electron chi connectivity index (χ0n) is 9.27. The first-order chi connectivity index (χ1) is 7.27. The molecule has 1 rings (SSSR count). The van der Waals surface area contributed by atoms with Crippen LogP contribution in [0.2, 0.25) is 0 Å². The van der Waals surface area contributed by atoms with Crippen LogP contribution in [0, 0.1) is 0 Å². The van der Waals surface area contributed by atoms with Crippen molar-refractivity contribution in [3.63, 3.8) is 0 Å². The van der Waals surface area contributed by atoms with Gasteiger partial charge in [0.25, 0.3) is 0 Å². The van der Waals surface area contributed by atoms with Gasteiger partial charge in [-0.2, -0.15) is 0 Å². The first kappa shape index (κ1) is 12.2. The Morgan fingerprint density at radius 3 is 3.07 bits per heavy atom. The van der Waals surface area contributed by atoms with Crippen molar-refractivity contribution in [2.45, 2.75) is 19.1 Å². The summed E-state index contributed by atoms with van der Waals surface area (Å²) in [6.45, 7) is 4.02. The molecule has 5 nitrogen and oxygen atoms in total. The zero-order chi connectivity index (χ0) is 11.1. The van der Waals surface area contributed by atoms with Gasteiger partial charge in [-0.15, -0.1) is 0 Å². The highest BCUT2D eigenvalue weighted by Gasteiger charge is 2.20. The highest BCUT2D eigenvalue weighted by molar-refractivity contribution is 5.79. The Balaban J connectivity index is 2.50. The smallest absolute Gasteiger partial charge is 0.137 e. The highest BCUT2D eigenvalue weighted by Crippen LogP contribution is 2.10. The molecule has 1 heterocycles. The summed E-state index contributed by atoms with van der Waals surface area (Å²) in [5, 5.41) is 3.28. The second-order valence-corrected chi connectivity index (χ2v) is 3.49. The van der Waals surface area contributed by atoms with Crippen LogP contribution in [-0.4, -0.2) is 45.4 Å². The van der Waals surface area contributed by atoms with E-state index in [1.807, 2.05) is 6.92 Å². The molecule has 0 amide bonds. The van der Waals surface area contributed by atoms with Crippen LogP contribution in [0.1, 0.15) is 6.92 Å². The van der Waals surface area contributed by atoms with Crippen LogP contribution >= 0.6 is 0 Å². The van der Waals surface area contributed by atoms with E-state index in [0.29, 0.717) is 6.73 Å². The fourth-order valence-corrected chi connectivity index (χ4v) is 1.44. The van der Waals surface area contributed by atoms with Crippen molar-refractivity contribution in [3.8, 4) is 0 Å². The van der Waals surface area contributed by atoms with Crippen molar-refractivity contribution in [1.82, 2.24) is 5.32 Å². The molecule has 2 atom stereocenters. The molecule has 0 aromatic rings. The minimum Gasteiger partial charge on any atom is -0.404 e. The largest absolute Gasteiger partial charge is 0.404 e. The number of nitrogens with two attached hydrogens (primary N) is 1. The minimum atomic E-state index is -0.0145. The van der Waals surface area contributed by atoms with Gasteiger partial charge in [-0.3, -0.25) is 4.99 Å². The van der Waals surface area contributed by atoms with E-state index in [1.54, 1.807) is 13.3 Å². The molecule has 1 aliphatic rings. The van der Waals surface area contributed by atoms with Gasteiger partial charge in [-0.05, 0) is 6.92 Å². The molecule has 15 heavy (non-hydrogen) atoms. The number of morpholine rings is 1. The van der Waals surface area contributed by atoms with Gasteiger partial charge >= 0.3 is 0 Å². The third kappa shape index (κ3) is 3.99. The van der Waals surface area contributed by atoms with E-state index in [-0.39, 0.29) is 12.2 Å². The number of ether oxygens (including phenoxy) is 2. The molecule has 0 aromatic heterocycles. The van der Waals surface area contributed by atoms with Crippen LogP contribution in [0.3, 0.4) is 0 Å². The van der Waals surface area contributed by atoms with Crippen molar-refractivity contribution in [2.75, 3.05) is 26.9 Å². The number of methoxy groups -OCH3 is 1. The van der Waals surface area contributed by atoms with Crippen molar-refractivity contribution < 1.29 is 9.47 Å². The quantitative estimate of drug-likeness (QED) is 0.639. The Bertz CT molecular complexity index is 241. The average molecular weight is 213 g/mol. The van der Waals surface area contributed by atoms with Crippen molar-refractivity contribution in [3.05, 3.63) is 11.8 Å². The van der Waals surface area contributed by atoms with Gasteiger partial charge in [-0.1, -0.05) is 0 Å². The van der Waals surface area contributed by atoms with Crippen LogP contribution in [-0.2, 0) is 9.47 Å². The molecule has 0 spiro atoms. The van der Waals surface area contributed by atoms with Crippen molar-refractivity contribution in [1.29, 1.82) is 0 Å². The lowest BCUT2D eigenvalue weighted by Gasteiger charge is -2.29. The summed E-state index contributed by atoms with van der Waals surface area (Å²) in [4.78, 5) is 4.06. The minimum absolute atomic E-state index is 0.0145. The standard InChI is InChI=1S/C10H19N3O2/c1-8-4-12-6-10(15-8)9(3-11)5-13-7-14-2/h3,5,8,10,12H,4,6-7,11H2,1-2H3/b9-3+,13-5+. The number of hydrogen-bond donors (Lipinski definition) is 2. The van der Waals surface area contributed by atoms with E-state index in [9.17, 15) is 0 Å². The first-order valence-corrected chi connectivity index (χ1v) is 5.04. The van der Waals surface area contributed by atoms with Gasteiger partial charge in [0, 0.05) is 38.2 Å². The highest BCUT2D eigenvalue weighted by atomic mass is 16.5. The fourth-order valence-electron chi connectivity index (χ4n) is 1.44. The lowest BCUT2D eigenvalue weighted by atomic mass is 10.1. The Hall–Kier alpha value is -0.910. The SMILES string of the molecule is COC/N=C/C(=C\N)C1CNCC(C)O1. The molecule has 0 aliphatic carbocycles. The zero-order valence-corrected chi connectivity index (χ0v) is 9.27. The van der Waals surface area contributed by atoms with Gasteiger partial charge in [0.15, 0.2) is 0 Å². The predicted octanol–water partition coefficient (Wildman–Crippen LogP) is -0.119. The Morgan fingerprint density at radius 1 is 1.67 bits per heavy atom. The van der Waals surface area contributed by atoms with Gasteiger partial charge in [0.2, 0.25) is 0 Å². The monoisotopic (exact) mass is 213 g/mol. The molecular formula is C10H19N3O2. The Morgan fingerprint density at radius 2 is 2.47 bits per heavy atom. The molecule has 0 aromatic carbocycles. The number of nitrogens with one attached hydrogen (secondary N) is 1. The van der Waals surface area contributed by atoms with E-state index in [0.717, 1.165) is 18.7 Å². The Kier molecular flexibility index (Phi) is 5.31. The molecule has 5 heteroatoms. The van der Waals surface area contributed by atoms with Gasteiger partial charge in [0.1, 0.15) is 6.73 Å². The topological polar surface area (TPSA) is 68.9 Å². The van der Waals surface area contributed by atoms with Gasteiger partial charge in [-0.25, -0.2) is 0 Å². The van der Waals surface area contributed by atoms with Crippen molar-refractivity contribution >= 4 is 6.21 Å². The lowest BCUT2D eigenvalue weighted by molar-refractivity contribution is -0.00446.